The van der Waals surface area contributed by atoms with E-state index in [1.54, 1.807) is 24.3 Å². The molecule has 0 aliphatic heterocycles. The van der Waals surface area contributed by atoms with Crippen LogP contribution in [0.3, 0.4) is 0 Å². The lowest BCUT2D eigenvalue weighted by molar-refractivity contribution is 0.0992. The molecule has 0 aromatic heterocycles. The van der Waals surface area contributed by atoms with Crippen LogP contribution >= 0.6 is 39.1 Å². The third kappa shape index (κ3) is 3.56. The van der Waals surface area contributed by atoms with Gasteiger partial charge in [-0.2, -0.15) is 0 Å². The Morgan fingerprint density at radius 1 is 1.16 bits per heavy atom. The van der Waals surface area contributed by atoms with Gasteiger partial charge in [0.15, 0.2) is 5.78 Å². The second kappa shape index (κ2) is 6.04. The van der Waals surface area contributed by atoms with Gasteiger partial charge >= 0.3 is 0 Å². The normalized spacial score (nSPS) is 10.5. The van der Waals surface area contributed by atoms with E-state index in [0.29, 0.717) is 25.6 Å². The first-order valence-corrected chi connectivity index (χ1v) is 6.94. The number of hydrogen-bond acceptors (Lipinski definition) is 1. The molecule has 0 fully saturated rings. The minimum Gasteiger partial charge on any atom is -0.294 e. The number of rotatable bonds is 3. The summed E-state index contributed by atoms with van der Waals surface area (Å²) < 4.78 is 13.7. The molecule has 19 heavy (non-hydrogen) atoms. The maximum Gasteiger partial charge on any atom is 0.167 e. The number of Topliss-reactive ketones (excluding diaryl/α,β-unsaturated/α-hetero) is 1. The smallest absolute Gasteiger partial charge is 0.167 e. The monoisotopic (exact) mass is 360 g/mol. The Hall–Kier alpha value is -0.900. The van der Waals surface area contributed by atoms with Crippen molar-refractivity contribution >= 4 is 44.9 Å². The van der Waals surface area contributed by atoms with E-state index in [9.17, 15) is 9.18 Å². The van der Waals surface area contributed by atoms with Gasteiger partial charge in [-0.15, -0.1) is 0 Å². The van der Waals surface area contributed by atoms with Gasteiger partial charge in [-0.05, 0) is 45.8 Å². The van der Waals surface area contributed by atoms with E-state index in [2.05, 4.69) is 15.9 Å². The molecule has 0 amide bonds. The molecule has 2 aromatic rings. The zero-order valence-corrected chi connectivity index (χ0v) is 12.7. The molecule has 0 saturated carbocycles. The van der Waals surface area contributed by atoms with E-state index >= 15 is 0 Å². The van der Waals surface area contributed by atoms with Crippen LogP contribution in [-0.2, 0) is 6.42 Å². The SMILES string of the molecule is O=C(Cc1ccc(Cl)cc1Cl)c1ccc(Br)c(F)c1. The maximum atomic E-state index is 13.4. The second-order valence-electron chi connectivity index (χ2n) is 3.96. The summed E-state index contributed by atoms with van der Waals surface area (Å²) in [6, 6.07) is 9.21. The van der Waals surface area contributed by atoms with Crippen molar-refractivity contribution in [1.82, 2.24) is 0 Å². The Labute approximate surface area is 128 Å². The molecule has 0 spiro atoms. The highest BCUT2D eigenvalue weighted by Crippen LogP contribution is 2.23. The van der Waals surface area contributed by atoms with E-state index in [4.69, 9.17) is 23.2 Å². The summed E-state index contributed by atoms with van der Waals surface area (Å²) in [5.74, 6) is -0.663. The summed E-state index contributed by atoms with van der Waals surface area (Å²) >= 11 is 14.8. The van der Waals surface area contributed by atoms with E-state index in [1.165, 1.54) is 12.1 Å². The van der Waals surface area contributed by atoms with Crippen LogP contribution in [0.1, 0.15) is 15.9 Å². The summed E-state index contributed by atoms with van der Waals surface area (Å²) in [5, 5.41) is 0.939. The number of hydrogen-bond donors (Lipinski definition) is 0. The molecule has 2 rings (SSSR count). The van der Waals surface area contributed by atoms with Crippen LogP contribution in [0.5, 0.6) is 0 Å². The van der Waals surface area contributed by atoms with E-state index in [1.807, 2.05) is 0 Å². The zero-order chi connectivity index (χ0) is 14.0. The highest BCUT2D eigenvalue weighted by molar-refractivity contribution is 9.10. The molecule has 2 aromatic carbocycles. The van der Waals surface area contributed by atoms with Crippen molar-refractivity contribution in [2.24, 2.45) is 0 Å². The van der Waals surface area contributed by atoms with Crippen molar-refractivity contribution in [2.45, 2.75) is 6.42 Å². The summed E-state index contributed by atoms with van der Waals surface area (Å²) in [5.41, 5.74) is 0.978. The number of benzene rings is 2. The van der Waals surface area contributed by atoms with Crippen molar-refractivity contribution in [2.75, 3.05) is 0 Å². The summed E-state index contributed by atoms with van der Waals surface area (Å²) in [6.45, 7) is 0. The minimum atomic E-state index is -0.465. The lowest BCUT2D eigenvalue weighted by Gasteiger charge is -2.05. The van der Waals surface area contributed by atoms with Gasteiger partial charge in [0.1, 0.15) is 5.82 Å². The van der Waals surface area contributed by atoms with Gasteiger partial charge in [0, 0.05) is 22.0 Å². The standard InChI is InChI=1S/C14H8BrCl2FO/c15-11-4-2-9(5-13(11)18)14(19)6-8-1-3-10(16)7-12(8)17/h1-5,7H,6H2. The topological polar surface area (TPSA) is 17.1 Å². The molecule has 1 nitrogen and oxygen atoms in total. The molecule has 0 unspecified atom stereocenters. The Bertz CT molecular complexity index is 643. The summed E-state index contributed by atoms with van der Waals surface area (Å²) in [4.78, 5) is 12.0. The van der Waals surface area contributed by atoms with Crippen LogP contribution < -0.4 is 0 Å². The lowest BCUT2D eigenvalue weighted by atomic mass is 10.0. The predicted octanol–water partition coefficient (Wildman–Crippen LogP) is 5.32. The van der Waals surface area contributed by atoms with Crippen LogP contribution in [0, 0.1) is 5.82 Å². The van der Waals surface area contributed by atoms with Crippen molar-refractivity contribution < 1.29 is 9.18 Å². The Morgan fingerprint density at radius 2 is 1.89 bits per heavy atom. The number of ketones is 1. The molecular formula is C14H8BrCl2FO. The highest BCUT2D eigenvalue weighted by Gasteiger charge is 2.12. The van der Waals surface area contributed by atoms with E-state index in [-0.39, 0.29) is 12.2 Å². The molecule has 0 N–H and O–H groups in total. The van der Waals surface area contributed by atoms with Crippen LogP contribution in [0.2, 0.25) is 10.0 Å². The average molecular weight is 362 g/mol. The van der Waals surface area contributed by atoms with Crippen molar-refractivity contribution in [3.8, 4) is 0 Å². The molecule has 0 radical (unpaired) electrons. The average Bonchev–Trinajstić information content (AvgIpc) is 2.36. The molecule has 0 heterocycles. The molecule has 0 atom stereocenters. The molecule has 0 bridgehead atoms. The van der Waals surface area contributed by atoms with Gasteiger partial charge in [-0.25, -0.2) is 4.39 Å². The van der Waals surface area contributed by atoms with Crippen LogP contribution in [-0.4, -0.2) is 5.78 Å². The number of halogens is 4. The van der Waals surface area contributed by atoms with Crippen LogP contribution in [0.25, 0.3) is 0 Å². The molecule has 0 aliphatic carbocycles. The molecular weight excluding hydrogens is 354 g/mol. The van der Waals surface area contributed by atoms with Crippen molar-refractivity contribution in [3.05, 3.63) is 67.9 Å². The minimum absolute atomic E-state index is 0.108. The Balaban J connectivity index is 2.23. The largest absolute Gasteiger partial charge is 0.294 e. The quantitative estimate of drug-likeness (QED) is 0.676. The fourth-order valence-corrected chi connectivity index (χ4v) is 2.33. The van der Waals surface area contributed by atoms with E-state index < -0.39 is 5.82 Å². The first-order chi connectivity index (χ1) is 8.97. The van der Waals surface area contributed by atoms with Crippen molar-refractivity contribution in [1.29, 1.82) is 0 Å². The third-order valence-electron chi connectivity index (χ3n) is 2.61. The van der Waals surface area contributed by atoms with E-state index in [0.717, 1.165) is 0 Å². The molecule has 5 heteroatoms. The first-order valence-electron chi connectivity index (χ1n) is 5.39. The fraction of sp³-hybridized carbons (Fsp3) is 0.0714. The maximum absolute atomic E-state index is 13.4. The van der Waals surface area contributed by atoms with Gasteiger partial charge in [0.05, 0.1) is 4.47 Å². The lowest BCUT2D eigenvalue weighted by Crippen LogP contribution is -2.04. The van der Waals surface area contributed by atoms with Gasteiger partial charge in [-0.1, -0.05) is 35.3 Å². The van der Waals surface area contributed by atoms with Crippen LogP contribution in [0.15, 0.2) is 40.9 Å². The van der Waals surface area contributed by atoms with Gasteiger partial charge < -0.3 is 0 Å². The fourth-order valence-electron chi connectivity index (χ4n) is 1.61. The van der Waals surface area contributed by atoms with Crippen LogP contribution in [0.4, 0.5) is 4.39 Å². The Kier molecular flexibility index (Phi) is 4.61. The Morgan fingerprint density at radius 3 is 2.53 bits per heavy atom. The van der Waals surface area contributed by atoms with Gasteiger partial charge in [-0.3, -0.25) is 4.79 Å². The molecule has 0 saturated heterocycles. The first kappa shape index (κ1) is 14.5. The van der Waals surface area contributed by atoms with Crippen molar-refractivity contribution in [3.63, 3.8) is 0 Å². The third-order valence-corrected chi connectivity index (χ3v) is 3.84. The highest BCUT2D eigenvalue weighted by atomic mass is 79.9. The molecule has 0 aliphatic rings. The predicted molar refractivity (Wildman–Crippen MR) is 78.6 cm³/mol. The molecule has 98 valence electrons. The number of carbonyl (C=O) groups is 1. The summed E-state index contributed by atoms with van der Waals surface area (Å²) in [6.07, 6.45) is 0.108. The number of carbonyl (C=O) groups excluding carboxylic acids is 1. The summed E-state index contributed by atoms with van der Waals surface area (Å²) in [7, 11) is 0. The van der Waals surface area contributed by atoms with Gasteiger partial charge in [0.25, 0.3) is 0 Å². The van der Waals surface area contributed by atoms with Gasteiger partial charge in [0.2, 0.25) is 0 Å². The zero-order valence-electron chi connectivity index (χ0n) is 9.59. The second-order valence-corrected chi connectivity index (χ2v) is 5.66.